The molecule has 0 unspecified atom stereocenters. The number of nitrogens with zero attached hydrogens (tertiary/aromatic N) is 4. The van der Waals surface area contributed by atoms with Gasteiger partial charge in [-0.2, -0.15) is 9.78 Å². The summed E-state index contributed by atoms with van der Waals surface area (Å²) in [6, 6.07) is 10.1. The third-order valence-electron chi connectivity index (χ3n) is 4.73. The maximum Gasteiger partial charge on any atom is 0.292 e. The van der Waals surface area contributed by atoms with Crippen molar-refractivity contribution in [3.63, 3.8) is 0 Å². The average molecular weight is 401 g/mol. The number of aromatic nitrogens is 2. The van der Waals surface area contributed by atoms with Crippen LogP contribution in [0.1, 0.15) is 11.1 Å². The second-order valence-electron chi connectivity index (χ2n) is 6.42. The standard InChI is InChI=1S/C19H14ClFN4O3/c20-18-17(23-8-7-12-9-14(21)2-1-13(12)11-23)10-22-24(19(18)26)15-3-5-16(6-4-15)25(27)28/h1-6,9-10H,7-8,11H2. The molecule has 0 saturated carbocycles. The molecule has 2 aromatic carbocycles. The molecule has 0 bridgehead atoms. The number of non-ortho nitro benzene ring substituents is 1. The number of hydrogen-bond acceptors (Lipinski definition) is 5. The Morgan fingerprint density at radius 1 is 1.14 bits per heavy atom. The number of rotatable bonds is 3. The molecular formula is C19H14ClFN4O3. The van der Waals surface area contributed by atoms with Crippen molar-refractivity contribution in [3.8, 4) is 5.69 Å². The first-order valence-electron chi connectivity index (χ1n) is 8.49. The number of nitro groups is 1. The van der Waals surface area contributed by atoms with Crippen molar-refractivity contribution < 1.29 is 9.31 Å². The summed E-state index contributed by atoms with van der Waals surface area (Å²) in [5.41, 5.74) is 2.20. The number of benzene rings is 2. The molecule has 4 rings (SSSR count). The van der Waals surface area contributed by atoms with E-state index < -0.39 is 10.5 Å². The number of hydrogen-bond donors (Lipinski definition) is 0. The van der Waals surface area contributed by atoms with Gasteiger partial charge in [0.2, 0.25) is 0 Å². The average Bonchev–Trinajstić information content (AvgIpc) is 2.70. The fourth-order valence-electron chi connectivity index (χ4n) is 3.27. The van der Waals surface area contributed by atoms with Crippen molar-refractivity contribution in [2.75, 3.05) is 11.4 Å². The van der Waals surface area contributed by atoms with Crippen molar-refractivity contribution in [2.24, 2.45) is 0 Å². The predicted molar refractivity (Wildman–Crippen MR) is 103 cm³/mol. The summed E-state index contributed by atoms with van der Waals surface area (Å²) < 4.78 is 14.5. The lowest BCUT2D eigenvalue weighted by atomic mass is 9.99. The van der Waals surface area contributed by atoms with Crippen LogP contribution in [0.25, 0.3) is 5.69 Å². The van der Waals surface area contributed by atoms with Crippen LogP contribution >= 0.6 is 11.6 Å². The number of fused-ring (bicyclic) bond motifs is 1. The minimum atomic E-state index is -0.518. The molecule has 1 aliphatic heterocycles. The van der Waals surface area contributed by atoms with Gasteiger partial charge in [0.15, 0.2) is 0 Å². The lowest BCUT2D eigenvalue weighted by Crippen LogP contribution is -2.33. The monoisotopic (exact) mass is 400 g/mol. The fraction of sp³-hybridized carbons (Fsp3) is 0.158. The molecular weight excluding hydrogens is 387 g/mol. The summed E-state index contributed by atoms with van der Waals surface area (Å²) in [6.45, 7) is 1.08. The quantitative estimate of drug-likeness (QED) is 0.496. The largest absolute Gasteiger partial charge is 0.364 e. The molecule has 9 heteroatoms. The van der Waals surface area contributed by atoms with Gasteiger partial charge >= 0.3 is 0 Å². The Morgan fingerprint density at radius 2 is 1.89 bits per heavy atom. The van der Waals surface area contributed by atoms with E-state index in [-0.39, 0.29) is 16.5 Å². The molecule has 142 valence electrons. The number of nitro benzene ring substituents is 1. The Balaban J connectivity index is 1.66. The number of halogens is 2. The lowest BCUT2D eigenvalue weighted by molar-refractivity contribution is -0.384. The summed E-state index contributed by atoms with van der Waals surface area (Å²) in [5.74, 6) is -0.266. The highest BCUT2D eigenvalue weighted by Crippen LogP contribution is 2.28. The van der Waals surface area contributed by atoms with Gasteiger partial charge in [-0.1, -0.05) is 17.7 Å². The van der Waals surface area contributed by atoms with E-state index in [1.807, 2.05) is 4.90 Å². The molecule has 2 heterocycles. The Bertz CT molecular complexity index is 1130. The van der Waals surface area contributed by atoms with Gasteiger partial charge in [-0.05, 0) is 41.8 Å². The van der Waals surface area contributed by atoms with E-state index in [2.05, 4.69) is 5.10 Å². The van der Waals surface area contributed by atoms with Crippen LogP contribution in [0.5, 0.6) is 0 Å². The van der Waals surface area contributed by atoms with Crippen molar-refractivity contribution in [1.82, 2.24) is 9.78 Å². The van der Waals surface area contributed by atoms with Crippen LogP contribution in [0.15, 0.2) is 53.5 Å². The van der Waals surface area contributed by atoms with Gasteiger partial charge in [-0.15, -0.1) is 0 Å². The molecule has 0 radical (unpaired) electrons. The highest BCUT2D eigenvalue weighted by Gasteiger charge is 2.21. The van der Waals surface area contributed by atoms with Crippen molar-refractivity contribution in [1.29, 1.82) is 0 Å². The van der Waals surface area contributed by atoms with Gasteiger partial charge in [0, 0.05) is 25.2 Å². The Kier molecular flexibility index (Phi) is 4.56. The molecule has 1 aliphatic rings. The summed E-state index contributed by atoms with van der Waals surface area (Å²) in [6.07, 6.45) is 2.13. The van der Waals surface area contributed by atoms with Crippen LogP contribution in [0.2, 0.25) is 5.02 Å². The van der Waals surface area contributed by atoms with E-state index in [1.54, 1.807) is 6.07 Å². The minimum absolute atomic E-state index is 0.0129. The van der Waals surface area contributed by atoms with Crippen molar-refractivity contribution in [2.45, 2.75) is 13.0 Å². The van der Waals surface area contributed by atoms with Gasteiger partial charge in [0.1, 0.15) is 10.8 Å². The molecule has 0 fully saturated rings. The van der Waals surface area contributed by atoms with Crippen LogP contribution in [0.4, 0.5) is 15.8 Å². The molecule has 7 nitrogen and oxygen atoms in total. The van der Waals surface area contributed by atoms with Crippen LogP contribution in [-0.4, -0.2) is 21.2 Å². The first kappa shape index (κ1) is 18.1. The van der Waals surface area contributed by atoms with Crippen LogP contribution < -0.4 is 10.5 Å². The van der Waals surface area contributed by atoms with Gasteiger partial charge in [-0.3, -0.25) is 14.9 Å². The minimum Gasteiger partial charge on any atom is -0.364 e. The summed E-state index contributed by atoms with van der Waals surface area (Å²) in [4.78, 5) is 24.9. The second kappa shape index (κ2) is 7.05. The van der Waals surface area contributed by atoms with Crippen LogP contribution in [-0.2, 0) is 13.0 Å². The van der Waals surface area contributed by atoms with E-state index in [4.69, 9.17) is 11.6 Å². The summed E-state index contributed by atoms with van der Waals surface area (Å²) >= 11 is 6.33. The van der Waals surface area contributed by atoms with Gasteiger partial charge in [0.05, 0.1) is 22.5 Å². The normalized spacial score (nSPS) is 13.3. The summed E-state index contributed by atoms with van der Waals surface area (Å²) in [7, 11) is 0. The second-order valence-corrected chi connectivity index (χ2v) is 6.80. The van der Waals surface area contributed by atoms with Gasteiger partial charge in [-0.25, -0.2) is 4.39 Å². The molecule has 0 aliphatic carbocycles. The molecule has 0 saturated heterocycles. The molecule has 3 aromatic rings. The Hall–Kier alpha value is -3.26. The topological polar surface area (TPSA) is 81.3 Å². The first-order valence-corrected chi connectivity index (χ1v) is 8.87. The Morgan fingerprint density at radius 3 is 2.61 bits per heavy atom. The van der Waals surface area contributed by atoms with E-state index >= 15 is 0 Å². The molecule has 28 heavy (non-hydrogen) atoms. The highest BCUT2D eigenvalue weighted by atomic mass is 35.5. The van der Waals surface area contributed by atoms with E-state index in [1.165, 1.54) is 42.6 Å². The lowest BCUT2D eigenvalue weighted by Gasteiger charge is -2.31. The zero-order chi connectivity index (χ0) is 19.8. The van der Waals surface area contributed by atoms with Crippen LogP contribution in [0.3, 0.4) is 0 Å². The molecule has 0 N–H and O–H groups in total. The predicted octanol–water partition coefficient (Wildman–Crippen LogP) is 3.50. The third-order valence-corrected chi connectivity index (χ3v) is 5.08. The fourth-order valence-corrected chi connectivity index (χ4v) is 3.52. The molecule has 0 spiro atoms. The first-order chi connectivity index (χ1) is 13.4. The zero-order valence-electron chi connectivity index (χ0n) is 14.5. The SMILES string of the molecule is O=c1c(Cl)c(N2CCc3cc(F)ccc3C2)cnn1-c1ccc([N+](=O)[O-])cc1. The maximum atomic E-state index is 13.4. The van der Waals surface area contributed by atoms with E-state index in [0.29, 0.717) is 30.9 Å². The molecule has 0 amide bonds. The smallest absolute Gasteiger partial charge is 0.292 e. The third kappa shape index (κ3) is 3.22. The van der Waals surface area contributed by atoms with Crippen molar-refractivity contribution >= 4 is 23.0 Å². The van der Waals surface area contributed by atoms with Crippen molar-refractivity contribution in [3.05, 3.63) is 91.1 Å². The van der Waals surface area contributed by atoms with Gasteiger partial charge in [0.25, 0.3) is 11.2 Å². The van der Waals surface area contributed by atoms with E-state index in [9.17, 15) is 19.3 Å². The van der Waals surface area contributed by atoms with Crippen LogP contribution in [0, 0.1) is 15.9 Å². The molecule has 0 atom stereocenters. The van der Waals surface area contributed by atoms with E-state index in [0.717, 1.165) is 15.8 Å². The Labute approximate surface area is 163 Å². The molecule has 1 aromatic heterocycles. The number of anilines is 1. The highest BCUT2D eigenvalue weighted by molar-refractivity contribution is 6.33. The van der Waals surface area contributed by atoms with Gasteiger partial charge < -0.3 is 4.90 Å². The maximum absolute atomic E-state index is 13.4. The zero-order valence-corrected chi connectivity index (χ0v) is 15.3. The summed E-state index contributed by atoms with van der Waals surface area (Å²) in [5, 5.41) is 15.0.